The number of hydrogen-bond donors (Lipinski definition) is 2. The maximum Gasteiger partial charge on any atom is 0.283 e. The van der Waals surface area contributed by atoms with Gasteiger partial charge in [-0.3, -0.25) is 4.79 Å². The number of aryl methyl sites for hydroxylation is 2. The van der Waals surface area contributed by atoms with Gasteiger partial charge in [0.15, 0.2) is 5.83 Å². The molecule has 0 bridgehead atoms. The average molecular weight is 544 g/mol. The summed E-state index contributed by atoms with van der Waals surface area (Å²) in [5.41, 5.74) is 5.55. The molecule has 1 fully saturated rings. The van der Waals surface area contributed by atoms with Crippen LogP contribution >= 0.6 is 0 Å². The number of hydrogen-bond acceptors (Lipinski definition) is 7. The molecular weight excluding hydrogens is 509 g/mol. The summed E-state index contributed by atoms with van der Waals surface area (Å²) in [5.74, 6) is -1.06. The van der Waals surface area contributed by atoms with Crippen LogP contribution in [0.3, 0.4) is 0 Å². The molecule has 0 unspecified atom stereocenters. The maximum absolute atomic E-state index is 13.7. The lowest BCUT2D eigenvalue weighted by Gasteiger charge is -2.25. The molecule has 1 aliphatic rings. The lowest BCUT2D eigenvalue weighted by atomic mass is 10.1. The van der Waals surface area contributed by atoms with Gasteiger partial charge >= 0.3 is 0 Å². The highest BCUT2D eigenvalue weighted by Gasteiger charge is 2.27. The van der Waals surface area contributed by atoms with Gasteiger partial charge in [-0.15, -0.1) is 0 Å². The van der Waals surface area contributed by atoms with Gasteiger partial charge in [0.2, 0.25) is 5.95 Å². The van der Waals surface area contributed by atoms with Crippen molar-refractivity contribution in [2.45, 2.75) is 19.4 Å². The monoisotopic (exact) mass is 543 g/mol. The van der Waals surface area contributed by atoms with Crippen molar-refractivity contribution in [3.8, 4) is 17.0 Å². The molecule has 2 aromatic carbocycles. The molecule has 3 heterocycles. The number of para-hydroxylation sites is 1. The number of halogens is 1. The van der Waals surface area contributed by atoms with E-state index in [4.69, 9.17) is 9.72 Å². The van der Waals surface area contributed by atoms with Gasteiger partial charge in [0, 0.05) is 61.1 Å². The Labute approximate surface area is 233 Å². The first-order valence-electron chi connectivity index (χ1n) is 13.1. The Morgan fingerprint density at radius 2 is 2.00 bits per heavy atom. The van der Waals surface area contributed by atoms with E-state index in [0.717, 1.165) is 52.9 Å². The molecule has 2 N–H and O–H groups in total. The van der Waals surface area contributed by atoms with E-state index < -0.39 is 11.7 Å². The number of rotatable bonds is 8. The molecule has 208 valence electrons. The van der Waals surface area contributed by atoms with E-state index in [9.17, 15) is 9.18 Å². The number of anilines is 4. The van der Waals surface area contributed by atoms with Crippen molar-refractivity contribution in [3.05, 3.63) is 66.8 Å². The van der Waals surface area contributed by atoms with Crippen molar-refractivity contribution in [3.63, 3.8) is 0 Å². The summed E-state index contributed by atoms with van der Waals surface area (Å²) in [6.07, 6.45) is 4.80. The molecule has 0 aliphatic carbocycles. The third-order valence-corrected chi connectivity index (χ3v) is 7.42. The van der Waals surface area contributed by atoms with E-state index in [1.54, 1.807) is 19.4 Å². The van der Waals surface area contributed by atoms with Gasteiger partial charge in [-0.25, -0.2) is 14.4 Å². The molecule has 1 amide bonds. The molecule has 5 rings (SSSR count). The Balaban J connectivity index is 1.54. The van der Waals surface area contributed by atoms with Crippen LogP contribution in [0.25, 0.3) is 22.2 Å². The zero-order valence-corrected chi connectivity index (χ0v) is 23.5. The van der Waals surface area contributed by atoms with Crippen molar-refractivity contribution in [1.29, 1.82) is 0 Å². The number of nitrogens with one attached hydrogen (secondary N) is 2. The van der Waals surface area contributed by atoms with E-state index in [1.807, 2.05) is 46.3 Å². The number of methoxy groups -OCH3 is 1. The van der Waals surface area contributed by atoms with E-state index in [1.165, 1.54) is 0 Å². The number of nitrogens with zero attached hydrogens (tertiary/aromatic N) is 5. The lowest BCUT2D eigenvalue weighted by molar-refractivity contribution is -0.114. The van der Waals surface area contributed by atoms with E-state index in [2.05, 4.69) is 54.9 Å². The highest BCUT2D eigenvalue weighted by atomic mass is 19.1. The number of benzene rings is 2. The molecule has 1 saturated heterocycles. The summed E-state index contributed by atoms with van der Waals surface area (Å²) in [4.78, 5) is 26.0. The maximum atomic E-state index is 13.7. The number of likely N-dealkylation sites (N-methyl/N-ethyl adjacent to an activating group) is 1. The predicted molar refractivity (Wildman–Crippen MR) is 158 cm³/mol. The first-order valence-corrected chi connectivity index (χ1v) is 13.1. The third kappa shape index (κ3) is 5.22. The van der Waals surface area contributed by atoms with Crippen LogP contribution in [0, 0.1) is 6.92 Å². The number of aromatic nitrogens is 3. The van der Waals surface area contributed by atoms with E-state index in [0.29, 0.717) is 29.1 Å². The molecular formula is C30H34FN7O2. The van der Waals surface area contributed by atoms with Crippen LogP contribution < -0.4 is 20.3 Å². The molecule has 0 spiro atoms. The molecule has 2 aromatic heterocycles. The zero-order valence-electron chi connectivity index (χ0n) is 23.5. The van der Waals surface area contributed by atoms with Crippen LogP contribution in [0.5, 0.6) is 5.75 Å². The highest BCUT2D eigenvalue weighted by Crippen LogP contribution is 2.40. The number of carbonyl (C=O) groups excluding carboxylic acids is 1. The summed E-state index contributed by atoms with van der Waals surface area (Å²) in [6, 6.07) is 12.1. The molecule has 1 aliphatic heterocycles. The second-order valence-corrected chi connectivity index (χ2v) is 10.3. The number of carbonyl (C=O) groups is 1. The molecule has 10 heteroatoms. The van der Waals surface area contributed by atoms with Crippen molar-refractivity contribution >= 4 is 39.8 Å². The van der Waals surface area contributed by atoms with Gasteiger partial charge < -0.3 is 29.7 Å². The van der Waals surface area contributed by atoms with Gasteiger partial charge in [0.25, 0.3) is 5.91 Å². The first kappa shape index (κ1) is 27.1. The first-order chi connectivity index (χ1) is 19.2. The van der Waals surface area contributed by atoms with Gasteiger partial charge in [0.05, 0.1) is 29.9 Å². The smallest absolute Gasteiger partial charge is 0.283 e. The second-order valence-electron chi connectivity index (χ2n) is 10.3. The Morgan fingerprint density at radius 3 is 2.70 bits per heavy atom. The SMILES string of the molecule is C=C(F)C(=O)Nc1cc(Nc2ncc(C)c(-c3cn(C)c4ccccc34)n2)c(OC)cc1N1CC[C@@H](N(C)C)C1. The Kier molecular flexibility index (Phi) is 7.44. The standard InChI is InChI=1S/C30H34FN7O2/c1-18-15-32-30(35-28(18)22-17-37(5)25-10-8-7-9-21(22)25)34-24-13-23(33-29(39)19(2)31)26(14-27(24)40-6)38-12-11-20(16-38)36(3)4/h7-10,13-15,17,20H,2,11-12,16H2,1,3-6H3,(H,33,39)(H,32,34,35)/t20-/m1/s1. The average Bonchev–Trinajstić information content (AvgIpc) is 3.55. The highest BCUT2D eigenvalue weighted by molar-refractivity contribution is 6.04. The van der Waals surface area contributed by atoms with Crippen molar-refractivity contribution in [2.24, 2.45) is 7.05 Å². The molecule has 40 heavy (non-hydrogen) atoms. The summed E-state index contributed by atoms with van der Waals surface area (Å²) >= 11 is 0. The van der Waals surface area contributed by atoms with E-state index in [-0.39, 0.29) is 0 Å². The van der Waals surface area contributed by atoms with E-state index >= 15 is 0 Å². The van der Waals surface area contributed by atoms with Crippen LogP contribution in [-0.4, -0.2) is 65.7 Å². The third-order valence-electron chi connectivity index (χ3n) is 7.42. The molecule has 0 saturated carbocycles. The van der Waals surface area contributed by atoms with Crippen LogP contribution in [0.2, 0.25) is 0 Å². The molecule has 9 nitrogen and oxygen atoms in total. The van der Waals surface area contributed by atoms with Crippen LogP contribution in [0.15, 0.2) is 61.2 Å². The zero-order chi connectivity index (χ0) is 28.6. The molecule has 1 atom stereocenters. The fourth-order valence-electron chi connectivity index (χ4n) is 5.20. The Bertz CT molecular complexity index is 1600. The fraction of sp³-hybridized carbons (Fsp3) is 0.300. The Hall–Kier alpha value is -4.44. The minimum atomic E-state index is -1.06. The second kappa shape index (κ2) is 11.0. The number of ether oxygens (including phenoxy) is 1. The number of fused-ring (bicyclic) bond motifs is 1. The summed E-state index contributed by atoms with van der Waals surface area (Å²) < 4.78 is 21.5. The predicted octanol–water partition coefficient (Wildman–Crippen LogP) is 5.26. The van der Waals surface area contributed by atoms with Gasteiger partial charge in [0.1, 0.15) is 5.75 Å². The van der Waals surface area contributed by atoms with Crippen molar-refractivity contribution < 1.29 is 13.9 Å². The minimum absolute atomic E-state index is 0.358. The van der Waals surface area contributed by atoms with Gasteiger partial charge in [-0.1, -0.05) is 24.8 Å². The van der Waals surface area contributed by atoms with Crippen LogP contribution in [0.1, 0.15) is 12.0 Å². The lowest BCUT2D eigenvalue weighted by Crippen LogP contribution is -2.31. The van der Waals surface area contributed by atoms with Crippen molar-refractivity contribution in [2.75, 3.05) is 49.8 Å². The minimum Gasteiger partial charge on any atom is -0.494 e. The topological polar surface area (TPSA) is 87.5 Å². The van der Waals surface area contributed by atoms with Crippen LogP contribution in [0.4, 0.5) is 27.4 Å². The molecule has 0 radical (unpaired) electrons. The Morgan fingerprint density at radius 1 is 1.23 bits per heavy atom. The summed E-state index contributed by atoms with van der Waals surface area (Å²) in [7, 11) is 7.68. The molecule has 4 aromatic rings. The normalized spacial score (nSPS) is 15.1. The van der Waals surface area contributed by atoms with Gasteiger partial charge in [-0.05, 0) is 45.1 Å². The summed E-state index contributed by atoms with van der Waals surface area (Å²) in [5, 5.41) is 7.02. The van der Waals surface area contributed by atoms with Gasteiger partial charge in [-0.2, -0.15) is 0 Å². The van der Waals surface area contributed by atoms with Crippen LogP contribution in [-0.2, 0) is 11.8 Å². The van der Waals surface area contributed by atoms with Crippen molar-refractivity contribution in [1.82, 2.24) is 19.4 Å². The quantitative estimate of drug-likeness (QED) is 0.293. The largest absolute Gasteiger partial charge is 0.494 e. The summed E-state index contributed by atoms with van der Waals surface area (Å²) in [6.45, 7) is 6.67. The fourth-order valence-corrected chi connectivity index (χ4v) is 5.20. The number of amides is 1.